The standard InChI is InChI=1S/C17H29NS/c1-5-17(3,4)15-6-8-16(9-7-15)18-10-14-12-19-11-13(14)2/h11-12,15-16,18H,5-10H2,1-4H3. The number of hydrogen-bond donors (Lipinski definition) is 1. The SMILES string of the molecule is CCC(C)(C)C1CCC(NCc2cscc2C)CC1. The van der Waals surface area contributed by atoms with Gasteiger partial charge in [-0.25, -0.2) is 0 Å². The molecule has 1 heterocycles. The maximum Gasteiger partial charge on any atom is 0.0218 e. The molecule has 0 saturated heterocycles. The Kier molecular flexibility index (Phi) is 5.08. The second kappa shape index (κ2) is 6.41. The van der Waals surface area contributed by atoms with E-state index in [1.165, 1.54) is 43.2 Å². The lowest BCUT2D eigenvalue weighted by Gasteiger charge is -2.39. The predicted molar refractivity (Wildman–Crippen MR) is 85.7 cm³/mol. The van der Waals surface area contributed by atoms with E-state index in [-0.39, 0.29) is 0 Å². The molecule has 0 unspecified atom stereocenters. The summed E-state index contributed by atoms with van der Waals surface area (Å²) in [5, 5.41) is 8.30. The third-order valence-electron chi connectivity index (χ3n) is 5.29. The van der Waals surface area contributed by atoms with Crippen molar-refractivity contribution in [1.29, 1.82) is 0 Å². The molecule has 1 fully saturated rings. The third-order valence-corrected chi connectivity index (χ3v) is 6.20. The zero-order chi connectivity index (χ0) is 13.9. The molecule has 1 nitrogen and oxygen atoms in total. The van der Waals surface area contributed by atoms with Gasteiger partial charge in [0.15, 0.2) is 0 Å². The Hall–Kier alpha value is -0.340. The monoisotopic (exact) mass is 279 g/mol. The molecule has 0 amide bonds. The van der Waals surface area contributed by atoms with Crippen LogP contribution in [-0.2, 0) is 6.54 Å². The first-order valence-electron chi connectivity index (χ1n) is 7.78. The minimum absolute atomic E-state index is 0.537. The van der Waals surface area contributed by atoms with E-state index in [1.54, 1.807) is 0 Å². The second-order valence-corrected chi connectivity index (χ2v) is 7.60. The van der Waals surface area contributed by atoms with Crippen LogP contribution in [0.2, 0.25) is 0 Å². The molecular formula is C17H29NS. The van der Waals surface area contributed by atoms with Gasteiger partial charge in [-0.15, -0.1) is 0 Å². The van der Waals surface area contributed by atoms with Gasteiger partial charge in [0.1, 0.15) is 0 Å². The summed E-state index contributed by atoms with van der Waals surface area (Å²) in [6, 6.07) is 0.739. The van der Waals surface area contributed by atoms with E-state index in [2.05, 4.69) is 43.8 Å². The minimum Gasteiger partial charge on any atom is -0.310 e. The van der Waals surface area contributed by atoms with Gasteiger partial charge in [-0.1, -0.05) is 27.2 Å². The summed E-state index contributed by atoms with van der Waals surface area (Å²) < 4.78 is 0. The van der Waals surface area contributed by atoms with E-state index >= 15 is 0 Å². The highest BCUT2D eigenvalue weighted by Crippen LogP contribution is 2.40. The summed E-state index contributed by atoms with van der Waals surface area (Å²) >= 11 is 1.82. The Morgan fingerprint density at radius 2 is 1.89 bits per heavy atom. The van der Waals surface area contributed by atoms with Crippen LogP contribution in [0.3, 0.4) is 0 Å². The van der Waals surface area contributed by atoms with Crippen LogP contribution in [0.5, 0.6) is 0 Å². The van der Waals surface area contributed by atoms with E-state index in [0.29, 0.717) is 5.41 Å². The fourth-order valence-electron chi connectivity index (χ4n) is 3.19. The Morgan fingerprint density at radius 1 is 1.21 bits per heavy atom. The molecule has 2 heteroatoms. The Balaban J connectivity index is 1.76. The summed E-state index contributed by atoms with van der Waals surface area (Å²) in [6.07, 6.45) is 6.83. The second-order valence-electron chi connectivity index (χ2n) is 6.85. The first kappa shape index (κ1) is 15.1. The van der Waals surface area contributed by atoms with Crippen molar-refractivity contribution in [3.8, 4) is 0 Å². The van der Waals surface area contributed by atoms with E-state index < -0.39 is 0 Å². The van der Waals surface area contributed by atoms with Crippen LogP contribution < -0.4 is 5.32 Å². The Labute approximate surface area is 122 Å². The number of aryl methyl sites for hydroxylation is 1. The van der Waals surface area contributed by atoms with Crippen LogP contribution in [0.25, 0.3) is 0 Å². The van der Waals surface area contributed by atoms with E-state index in [9.17, 15) is 0 Å². The van der Waals surface area contributed by atoms with Gasteiger partial charge in [-0.2, -0.15) is 11.3 Å². The molecule has 108 valence electrons. The van der Waals surface area contributed by atoms with Crippen molar-refractivity contribution < 1.29 is 0 Å². The fourth-order valence-corrected chi connectivity index (χ4v) is 4.05. The molecule has 1 saturated carbocycles. The molecule has 0 atom stereocenters. The first-order chi connectivity index (χ1) is 9.03. The molecule has 0 bridgehead atoms. The summed E-state index contributed by atoms with van der Waals surface area (Å²) in [5.74, 6) is 0.929. The summed E-state index contributed by atoms with van der Waals surface area (Å²) in [6.45, 7) is 10.5. The topological polar surface area (TPSA) is 12.0 Å². The van der Waals surface area contributed by atoms with Gasteiger partial charge in [0.25, 0.3) is 0 Å². The van der Waals surface area contributed by atoms with Crippen LogP contribution in [0.15, 0.2) is 10.8 Å². The summed E-state index contributed by atoms with van der Waals surface area (Å²) in [7, 11) is 0. The van der Waals surface area contributed by atoms with Gasteiger partial charge in [0.05, 0.1) is 0 Å². The van der Waals surface area contributed by atoms with Crippen molar-refractivity contribution in [3.63, 3.8) is 0 Å². The van der Waals surface area contributed by atoms with E-state index in [0.717, 1.165) is 18.5 Å². The molecule has 1 aliphatic rings. The van der Waals surface area contributed by atoms with Crippen molar-refractivity contribution in [1.82, 2.24) is 5.32 Å². The van der Waals surface area contributed by atoms with Gasteiger partial charge in [0.2, 0.25) is 0 Å². The van der Waals surface area contributed by atoms with Crippen LogP contribution in [0.4, 0.5) is 0 Å². The van der Waals surface area contributed by atoms with E-state index in [1.807, 2.05) is 11.3 Å². The normalized spacial score (nSPS) is 24.6. The zero-order valence-corrected chi connectivity index (χ0v) is 13.8. The van der Waals surface area contributed by atoms with Gasteiger partial charge >= 0.3 is 0 Å². The van der Waals surface area contributed by atoms with Crippen LogP contribution in [0.1, 0.15) is 64.0 Å². The zero-order valence-electron chi connectivity index (χ0n) is 13.0. The van der Waals surface area contributed by atoms with Crippen molar-refractivity contribution in [2.24, 2.45) is 11.3 Å². The fraction of sp³-hybridized carbons (Fsp3) is 0.765. The Bertz CT molecular complexity index is 386. The van der Waals surface area contributed by atoms with Crippen molar-refractivity contribution in [2.45, 2.75) is 72.4 Å². The molecule has 1 aromatic heterocycles. The van der Waals surface area contributed by atoms with Gasteiger partial charge < -0.3 is 5.32 Å². The van der Waals surface area contributed by atoms with Crippen LogP contribution in [-0.4, -0.2) is 6.04 Å². The maximum atomic E-state index is 3.76. The molecular weight excluding hydrogens is 250 g/mol. The average molecular weight is 279 g/mol. The number of nitrogens with one attached hydrogen (secondary N) is 1. The summed E-state index contributed by atoms with van der Waals surface area (Å²) in [4.78, 5) is 0. The van der Waals surface area contributed by atoms with E-state index in [4.69, 9.17) is 0 Å². The molecule has 0 aliphatic heterocycles. The minimum atomic E-state index is 0.537. The predicted octanol–water partition coefficient (Wildman–Crippen LogP) is 5.14. The number of rotatable bonds is 5. The third kappa shape index (κ3) is 3.82. The van der Waals surface area contributed by atoms with Crippen molar-refractivity contribution in [3.05, 3.63) is 21.9 Å². The average Bonchev–Trinajstić information content (AvgIpc) is 2.82. The van der Waals surface area contributed by atoms with Crippen LogP contribution in [0, 0.1) is 18.3 Å². The maximum absolute atomic E-state index is 3.76. The smallest absolute Gasteiger partial charge is 0.0218 e. The highest BCUT2D eigenvalue weighted by Gasteiger charge is 2.31. The molecule has 0 aromatic carbocycles. The largest absolute Gasteiger partial charge is 0.310 e. The first-order valence-corrected chi connectivity index (χ1v) is 8.72. The lowest BCUT2D eigenvalue weighted by molar-refractivity contribution is 0.137. The van der Waals surface area contributed by atoms with Gasteiger partial charge in [0, 0.05) is 12.6 Å². The highest BCUT2D eigenvalue weighted by molar-refractivity contribution is 7.08. The summed E-state index contributed by atoms with van der Waals surface area (Å²) in [5.41, 5.74) is 3.47. The van der Waals surface area contributed by atoms with Gasteiger partial charge in [-0.3, -0.25) is 0 Å². The number of hydrogen-bond acceptors (Lipinski definition) is 2. The molecule has 0 radical (unpaired) electrons. The van der Waals surface area contributed by atoms with Crippen LogP contribution >= 0.6 is 11.3 Å². The van der Waals surface area contributed by atoms with Crippen molar-refractivity contribution >= 4 is 11.3 Å². The lowest BCUT2D eigenvalue weighted by Crippen LogP contribution is -2.36. The van der Waals surface area contributed by atoms with Gasteiger partial charge in [-0.05, 0) is 65.8 Å². The molecule has 1 aromatic rings. The quantitative estimate of drug-likeness (QED) is 0.787. The lowest BCUT2D eigenvalue weighted by atomic mass is 9.69. The number of thiophene rings is 1. The Morgan fingerprint density at radius 3 is 2.42 bits per heavy atom. The molecule has 1 aliphatic carbocycles. The molecule has 1 N–H and O–H groups in total. The molecule has 2 rings (SSSR count). The molecule has 19 heavy (non-hydrogen) atoms. The highest BCUT2D eigenvalue weighted by atomic mass is 32.1. The van der Waals surface area contributed by atoms with Crippen molar-refractivity contribution in [2.75, 3.05) is 0 Å². The molecule has 0 spiro atoms.